The summed E-state index contributed by atoms with van der Waals surface area (Å²) in [5.41, 5.74) is 0.210. The molecule has 19 heavy (non-hydrogen) atoms. The van der Waals surface area contributed by atoms with E-state index in [2.05, 4.69) is 10.1 Å². The predicted molar refractivity (Wildman–Crippen MR) is 67.6 cm³/mol. The molecule has 0 bridgehead atoms. The van der Waals surface area contributed by atoms with Gasteiger partial charge in [-0.05, 0) is 18.9 Å². The second-order valence-electron chi connectivity index (χ2n) is 4.24. The number of anilines is 1. The fourth-order valence-electron chi connectivity index (χ4n) is 1.72. The summed E-state index contributed by atoms with van der Waals surface area (Å²) in [5.74, 6) is -0.374. The number of carbonyl (C=O) groups is 1. The smallest absolute Gasteiger partial charge is 0.338 e. The molecule has 0 spiro atoms. The van der Waals surface area contributed by atoms with Crippen LogP contribution in [0.4, 0.5) is 11.4 Å². The van der Waals surface area contributed by atoms with Gasteiger partial charge in [-0.2, -0.15) is 0 Å². The molecule has 1 aromatic rings. The Kier molecular flexibility index (Phi) is 3.55. The lowest BCUT2D eigenvalue weighted by Gasteiger charge is -2.12. The molecule has 102 valence electrons. The Balaban J connectivity index is 2.50. The fourth-order valence-corrected chi connectivity index (χ4v) is 1.72. The number of nitrogens with zero attached hydrogens (tertiary/aromatic N) is 1. The molecular weight excluding hydrogens is 252 g/mol. The first-order valence-electron chi connectivity index (χ1n) is 5.78. The molecule has 0 radical (unpaired) electrons. The molecule has 0 aromatic heterocycles. The van der Waals surface area contributed by atoms with Crippen molar-refractivity contribution in [3.05, 3.63) is 27.8 Å². The lowest BCUT2D eigenvalue weighted by Crippen LogP contribution is -2.09. The molecule has 1 fully saturated rings. The van der Waals surface area contributed by atoms with E-state index < -0.39 is 10.9 Å². The molecule has 1 aliphatic rings. The number of nitro benzene ring substituents is 1. The number of ether oxygens (including phenoxy) is 2. The van der Waals surface area contributed by atoms with Crippen LogP contribution in [0, 0.1) is 10.1 Å². The summed E-state index contributed by atoms with van der Waals surface area (Å²) in [4.78, 5) is 22.1. The van der Waals surface area contributed by atoms with Gasteiger partial charge in [0.15, 0.2) is 5.69 Å². The van der Waals surface area contributed by atoms with Crippen LogP contribution in [0.1, 0.15) is 23.2 Å². The van der Waals surface area contributed by atoms with E-state index in [0.29, 0.717) is 5.69 Å². The fraction of sp³-hybridized carbons (Fsp3) is 0.417. The molecule has 0 atom stereocenters. The van der Waals surface area contributed by atoms with Crippen molar-refractivity contribution in [3.63, 3.8) is 0 Å². The Bertz CT molecular complexity index is 525. The van der Waals surface area contributed by atoms with E-state index in [-0.39, 0.29) is 23.0 Å². The van der Waals surface area contributed by atoms with E-state index in [9.17, 15) is 14.9 Å². The van der Waals surface area contributed by atoms with Gasteiger partial charge in [0.2, 0.25) is 0 Å². The SMILES string of the molecule is COC(=O)c1cc(OC)c(NC2CC2)c([N+](=O)[O-])c1. The van der Waals surface area contributed by atoms with E-state index in [1.54, 1.807) is 0 Å². The zero-order valence-corrected chi connectivity index (χ0v) is 10.6. The van der Waals surface area contributed by atoms with Gasteiger partial charge in [-0.15, -0.1) is 0 Å². The zero-order valence-electron chi connectivity index (χ0n) is 10.6. The van der Waals surface area contributed by atoms with Crippen LogP contribution in [0.5, 0.6) is 5.75 Å². The van der Waals surface area contributed by atoms with Gasteiger partial charge in [-0.3, -0.25) is 10.1 Å². The molecule has 7 heteroatoms. The van der Waals surface area contributed by atoms with Crippen LogP contribution in [-0.2, 0) is 4.74 Å². The van der Waals surface area contributed by atoms with E-state index in [1.807, 2.05) is 0 Å². The minimum absolute atomic E-state index is 0.0902. The van der Waals surface area contributed by atoms with Crippen LogP contribution in [0.2, 0.25) is 0 Å². The van der Waals surface area contributed by atoms with Gasteiger partial charge >= 0.3 is 5.97 Å². The molecule has 1 saturated carbocycles. The van der Waals surface area contributed by atoms with Crippen molar-refractivity contribution in [1.82, 2.24) is 0 Å². The molecule has 0 amide bonds. The van der Waals surface area contributed by atoms with Crippen molar-refractivity contribution in [2.75, 3.05) is 19.5 Å². The Labute approximate surface area is 109 Å². The van der Waals surface area contributed by atoms with Crippen LogP contribution in [0.3, 0.4) is 0 Å². The van der Waals surface area contributed by atoms with Crippen molar-refractivity contribution in [2.24, 2.45) is 0 Å². The number of nitro groups is 1. The summed E-state index contributed by atoms with van der Waals surface area (Å²) in [7, 11) is 2.62. The van der Waals surface area contributed by atoms with E-state index in [0.717, 1.165) is 12.8 Å². The maximum Gasteiger partial charge on any atom is 0.338 e. The molecule has 1 aliphatic carbocycles. The monoisotopic (exact) mass is 266 g/mol. The lowest BCUT2D eigenvalue weighted by molar-refractivity contribution is -0.384. The second-order valence-corrected chi connectivity index (χ2v) is 4.24. The van der Waals surface area contributed by atoms with Crippen LogP contribution in [0.15, 0.2) is 12.1 Å². The van der Waals surface area contributed by atoms with Crippen LogP contribution in [0.25, 0.3) is 0 Å². The first-order chi connectivity index (χ1) is 9.06. The number of nitrogens with one attached hydrogen (secondary N) is 1. The summed E-state index contributed by atoms with van der Waals surface area (Å²) in [6, 6.07) is 2.86. The highest BCUT2D eigenvalue weighted by molar-refractivity contribution is 5.93. The van der Waals surface area contributed by atoms with Crippen LogP contribution in [-0.4, -0.2) is 31.2 Å². The molecule has 0 heterocycles. The number of carbonyl (C=O) groups excluding carboxylic acids is 1. The maximum atomic E-state index is 11.5. The Morgan fingerprint density at radius 2 is 2.11 bits per heavy atom. The Hall–Kier alpha value is -2.31. The second kappa shape index (κ2) is 5.13. The minimum atomic E-state index is -0.639. The van der Waals surface area contributed by atoms with Gasteiger partial charge in [-0.25, -0.2) is 4.79 Å². The number of hydrogen-bond acceptors (Lipinski definition) is 6. The molecule has 0 saturated heterocycles. The van der Waals surface area contributed by atoms with E-state index in [4.69, 9.17) is 4.74 Å². The third kappa shape index (κ3) is 2.75. The highest BCUT2D eigenvalue weighted by Crippen LogP contribution is 2.39. The van der Waals surface area contributed by atoms with E-state index >= 15 is 0 Å². The molecule has 1 N–H and O–H groups in total. The number of esters is 1. The van der Waals surface area contributed by atoms with Crippen molar-refractivity contribution in [2.45, 2.75) is 18.9 Å². The number of rotatable bonds is 5. The summed E-state index contributed by atoms with van der Waals surface area (Å²) >= 11 is 0. The third-order valence-electron chi connectivity index (χ3n) is 2.84. The van der Waals surface area contributed by atoms with Crippen molar-refractivity contribution >= 4 is 17.3 Å². The van der Waals surface area contributed by atoms with Gasteiger partial charge in [0.05, 0.1) is 24.7 Å². The van der Waals surface area contributed by atoms with Crippen molar-refractivity contribution in [3.8, 4) is 5.75 Å². The number of benzene rings is 1. The summed E-state index contributed by atoms with van der Waals surface area (Å²) in [6.07, 6.45) is 1.94. The summed E-state index contributed by atoms with van der Waals surface area (Å²) < 4.78 is 9.69. The van der Waals surface area contributed by atoms with Gasteiger partial charge in [-0.1, -0.05) is 0 Å². The van der Waals surface area contributed by atoms with Gasteiger partial charge in [0.25, 0.3) is 5.69 Å². The van der Waals surface area contributed by atoms with Gasteiger partial charge in [0, 0.05) is 12.1 Å². The highest BCUT2D eigenvalue weighted by Gasteiger charge is 2.29. The third-order valence-corrected chi connectivity index (χ3v) is 2.84. The zero-order chi connectivity index (χ0) is 14.0. The molecule has 1 aromatic carbocycles. The molecule has 0 unspecified atom stereocenters. The first-order valence-corrected chi connectivity index (χ1v) is 5.78. The minimum Gasteiger partial charge on any atom is -0.494 e. The molecular formula is C12H14N2O5. The summed E-state index contributed by atoms with van der Waals surface area (Å²) in [6.45, 7) is 0. The molecule has 7 nitrogen and oxygen atoms in total. The summed E-state index contributed by atoms with van der Waals surface area (Å²) in [5, 5.41) is 14.2. The quantitative estimate of drug-likeness (QED) is 0.497. The molecule has 2 rings (SSSR count). The standard InChI is InChI=1S/C12H14N2O5/c1-18-10-6-7(12(15)19-2)5-9(14(16)17)11(10)13-8-3-4-8/h5-6,8,13H,3-4H2,1-2H3. The average molecular weight is 266 g/mol. The maximum absolute atomic E-state index is 11.5. The van der Waals surface area contributed by atoms with E-state index in [1.165, 1.54) is 26.4 Å². The van der Waals surface area contributed by atoms with Gasteiger partial charge in [0.1, 0.15) is 5.75 Å². The number of methoxy groups -OCH3 is 2. The van der Waals surface area contributed by atoms with Crippen LogP contribution < -0.4 is 10.1 Å². The largest absolute Gasteiger partial charge is 0.494 e. The first kappa shape index (κ1) is 13.1. The lowest BCUT2D eigenvalue weighted by atomic mass is 10.1. The normalized spacial score (nSPS) is 13.8. The van der Waals surface area contributed by atoms with Gasteiger partial charge < -0.3 is 14.8 Å². The predicted octanol–water partition coefficient (Wildman–Crippen LogP) is 1.96. The number of hydrogen-bond donors (Lipinski definition) is 1. The average Bonchev–Trinajstić information content (AvgIpc) is 3.21. The Morgan fingerprint density at radius 3 is 2.58 bits per heavy atom. The van der Waals surface area contributed by atoms with Crippen LogP contribution >= 0.6 is 0 Å². The van der Waals surface area contributed by atoms with Crippen molar-refractivity contribution in [1.29, 1.82) is 0 Å². The topological polar surface area (TPSA) is 90.7 Å². The van der Waals surface area contributed by atoms with Crippen molar-refractivity contribution < 1.29 is 19.2 Å². The highest BCUT2D eigenvalue weighted by atomic mass is 16.6. The Morgan fingerprint density at radius 1 is 1.42 bits per heavy atom. The molecule has 0 aliphatic heterocycles.